The van der Waals surface area contributed by atoms with Crippen LogP contribution in [0.5, 0.6) is 0 Å². The normalized spacial score (nSPS) is 19.9. The van der Waals surface area contributed by atoms with Crippen LogP contribution in [0.1, 0.15) is 12.0 Å². The minimum atomic E-state index is -0.624. The fraction of sp³-hybridized carbons (Fsp3) is 0.273. The Morgan fingerprint density at radius 3 is 2.67 bits per heavy atom. The van der Waals surface area contributed by atoms with Crippen LogP contribution in [-0.2, 0) is 11.3 Å². The Labute approximate surface area is 114 Å². The van der Waals surface area contributed by atoms with E-state index in [1.807, 2.05) is 0 Å². The molecule has 0 aromatic heterocycles. The average molecular weight is 288 g/mol. The first kappa shape index (κ1) is 13.1. The minimum Gasteiger partial charge on any atom is -0.311 e. The second-order valence-corrected chi connectivity index (χ2v) is 4.82. The molecule has 1 atom stereocenters. The summed E-state index contributed by atoms with van der Waals surface area (Å²) in [5, 5.41) is 3.08. The number of carbonyl (C=O) groups is 2. The minimum absolute atomic E-state index is 0.0903. The quantitative estimate of drug-likeness (QED) is 0.870. The van der Waals surface area contributed by atoms with E-state index in [1.165, 1.54) is 4.90 Å². The molecule has 3 N–H and O–H groups in total. The lowest BCUT2D eigenvalue weighted by molar-refractivity contribution is -0.122. The molecule has 0 radical (unpaired) electrons. The van der Waals surface area contributed by atoms with Gasteiger partial charge < -0.3 is 10.6 Å². The summed E-state index contributed by atoms with van der Waals surface area (Å²) in [5.74, 6) is -0.363. The number of rotatable bonds is 2. The topological polar surface area (TPSA) is 75.4 Å². The van der Waals surface area contributed by atoms with E-state index in [-0.39, 0.29) is 18.9 Å². The summed E-state index contributed by atoms with van der Waals surface area (Å²) in [7, 11) is 0. The number of nitrogens with one attached hydrogen (secondary N) is 1. The molecule has 0 aliphatic carbocycles. The maximum atomic E-state index is 11.6. The summed E-state index contributed by atoms with van der Waals surface area (Å²) < 4.78 is 0. The second kappa shape index (κ2) is 5.14. The molecule has 1 aromatic rings. The predicted octanol–water partition coefficient (Wildman–Crippen LogP) is 1.72. The maximum absolute atomic E-state index is 11.6. The Bertz CT molecular complexity index is 507. The van der Waals surface area contributed by atoms with Crippen LogP contribution in [-0.4, -0.2) is 23.0 Å². The van der Waals surface area contributed by atoms with E-state index in [9.17, 15) is 9.59 Å². The second-order valence-electron chi connectivity index (χ2n) is 4.00. The molecule has 7 heteroatoms. The molecule has 96 valence electrons. The number of carbonyl (C=O) groups excluding carboxylic acids is 2. The first-order valence-corrected chi connectivity index (χ1v) is 6.03. The SMILES string of the molecule is NC1CC(=O)NC(=O)N1Cc1ccc(Cl)c(Cl)c1. The van der Waals surface area contributed by atoms with Gasteiger partial charge in [-0.05, 0) is 17.7 Å². The van der Waals surface area contributed by atoms with Gasteiger partial charge in [0.25, 0.3) is 0 Å². The van der Waals surface area contributed by atoms with Gasteiger partial charge in [-0.15, -0.1) is 0 Å². The first-order valence-electron chi connectivity index (χ1n) is 5.27. The zero-order chi connectivity index (χ0) is 13.3. The molecule has 1 heterocycles. The number of imide groups is 1. The van der Waals surface area contributed by atoms with Crippen molar-refractivity contribution in [3.63, 3.8) is 0 Å². The Balaban J connectivity index is 2.15. The van der Waals surface area contributed by atoms with Crippen molar-refractivity contribution in [3.05, 3.63) is 33.8 Å². The van der Waals surface area contributed by atoms with Gasteiger partial charge in [-0.25, -0.2) is 4.79 Å². The number of halogens is 2. The van der Waals surface area contributed by atoms with Crippen molar-refractivity contribution >= 4 is 35.1 Å². The van der Waals surface area contributed by atoms with Crippen LogP contribution >= 0.6 is 23.2 Å². The molecular formula is C11H11Cl2N3O2. The largest absolute Gasteiger partial charge is 0.325 e. The number of urea groups is 1. The van der Waals surface area contributed by atoms with Gasteiger partial charge in [-0.2, -0.15) is 0 Å². The standard InChI is InChI=1S/C11H11Cl2N3O2/c12-7-2-1-6(3-8(7)13)5-16-9(14)4-10(17)15-11(16)18/h1-3,9H,4-5,14H2,(H,15,17,18). The van der Waals surface area contributed by atoms with Crippen molar-refractivity contribution in [3.8, 4) is 0 Å². The van der Waals surface area contributed by atoms with Gasteiger partial charge in [0.1, 0.15) is 0 Å². The summed E-state index contributed by atoms with van der Waals surface area (Å²) in [6, 6.07) is 4.58. The summed E-state index contributed by atoms with van der Waals surface area (Å²) in [4.78, 5) is 24.1. The van der Waals surface area contributed by atoms with Crippen LogP contribution in [0.3, 0.4) is 0 Å². The van der Waals surface area contributed by atoms with Crippen LogP contribution in [0, 0.1) is 0 Å². The number of benzene rings is 1. The molecule has 3 amide bonds. The molecule has 1 unspecified atom stereocenters. The van der Waals surface area contributed by atoms with Crippen molar-refractivity contribution in [2.75, 3.05) is 0 Å². The predicted molar refractivity (Wildman–Crippen MR) is 68.1 cm³/mol. The molecule has 0 saturated carbocycles. The lowest BCUT2D eigenvalue weighted by atomic mass is 10.1. The van der Waals surface area contributed by atoms with Gasteiger partial charge in [0.2, 0.25) is 5.91 Å². The molecule has 1 aromatic carbocycles. The van der Waals surface area contributed by atoms with Gasteiger partial charge in [-0.1, -0.05) is 29.3 Å². The highest BCUT2D eigenvalue weighted by Crippen LogP contribution is 2.23. The Hall–Kier alpha value is -1.30. The van der Waals surface area contributed by atoms with Crippen LogP contribution in [0.15, 0.2) is 18.2 Å². The van der Waals surface area contributed by atoms with Crippen molar-refractivity contribution in [1.29, 1.82) is 0 Å². The van der Waals surface area contributed by atoms with Gasteiger partial charge in [0.15, 0.2) is 0 Å². The number of nitrogens with two attached hydrogens (primary N) is 1. The van der Waals surface area contributed by atoms with Crippen molar-refractivity contribution in [2.24, 2.45) is 5.73 Å². The van der Waals surface area contributed by atoms with Crippen LogP contribution in [0.4, 0.5) is 4.79 Å². The number of hydrogen-bond donors (Lipinski definition) is 2. The average Bonchev–Trinajstić information content (AvgIpc) is 2.28. The van der Waals surface area contributed by atoms with Crippen LogP contribution in [0.2, 0.25) is 10.0 Å². The molecule has 2 rings (SSSR count). The summed E-state index contributed by atoms with van der Waals surface area (Å²) in [5.41, 5.74) is 6.56. The van der Waals surface area contributed by atoms with Gasteiger partial charge in [-0.3, -0.25) is 10.1 Å². The lowest BCUT2D eigenvalue weighted by Gasteiger charge is -2.32. The molecule has 0 bridgehead atoms. The lowest BCUT2D eigenvalue weighted by Crippen LogP contribution is -2.57. The van der Waals surface area contributed by atoms with E-state index < -0.39 is 12.2 Å². The Morgan fingerprint density at radius 2 is 2.06 bits per heavy atom. The molecule has 5 nitrogen and oxygen atoms in total. The fourth-order valence-electron chi connectivity index (χ4n) is 1.72. The molecule has 0 spiro atoms. The smallest absolute Gasteiger partial charge is 0.311 e. The van der Waals surface area contributed by atoms with Crippen LogP contribution < -0.4 is 11.1 Å². The van der Waals surface area contributed by atoms with Crippen LogP contribution in [0.25, 0.3) is 0 Å². The third kappa shape index (κ3) is 2.75. The third-order valence-electron chi connectivity index (χ3n) is 2.64. The van der Waals surface area contributed by atoms with Crippen molar-refractivity contribution in [1.82, 2.24) is 10.2 Å². The maximum Gasteiger partial charge on any atom is 0.325 e. The summed E-state index contributed by atoms with van der Waals surface area (Å²) >= 11 is 11.7. The number of amides is 3. The summed E-state index contributed by atoms with van der Waals surface area (Å²) in [6.07, 6.45) is -0.534. The highest BCUT2D eigenvalue weighted by Gasteiger charge is 2.29. The molecule has 1 saturated heterocycles. The Morgan fingerprint density at radius 1 is 1.33 bits per heavy atom. The van der Waals surface area contributed by atoms with E-state index in [4.69, 9.17) is 28.9 Å². The number of nitrogens with zero attached hydrogens (tertiary/aromatic N) is 1. The highest BCUT2D eigenvalue weighted by atomic mass is 35.5. The molecule has 18 heavy (non-hydrogen) atoms. The fourth-order valence-corrected chi connectivity index (χ4v) is 2.04. The third-order valence-corrected chi connectivity index (χ3v) is 3.38. The van der Waals surface area contributed by atoms with Crippen molar-refractivity contribution in [2.45, 2.75) is 19.1 Å². The molecular weight excluding hydrogens is 277 g/mol. The molecule has 1 fully saturated rings. The van der Waals surface area contributed by atoms with E-state index in [0.29, 0.717) is 10.0 Å². The van der Waals surface area contributed by atoms with E-state index in [2.05, 4.69) is 5.32 Å². The highest BCUT2D eigenvalue weighted by molar-refractivity contribution is 6.42. The van der Waals surface area contributed by atoms with Gasteiger partial charge >= 0.3 is 6.03 Å². The molecule has 1 aliphatic rings. The summed E-state index contributed by atoms with van der Waals surface area (Å²) in [6.45, 7) is 0.275. The van der Waals surface area contributed by atoms with Gasteiger partial charge in [0, 0.05) is 6.54 Å². The van der Waals surface area contributed by atoms with E-state index in [0.717, 1.165) is 5.56 Å². The van der Waals surface area contributed by atoms with Crippen molar-refractivity contribution < 1.29 is 9.59 Å². The zero-order valence-electron chi connectivity index (χ0n) is 9.32. The van der Waals surface area contributed by atoms with E-state index in [1.54, 1.807) is 18.2 Å². The monoisotopic (exact) mass is 287 g/mol. The van der Waals surface area contributed by atoms with E-state index >= 15 is 0 Å². The first-order chi connectivity index (χ1) is 8.47. The zero-order valence-corrected chi connectivity index (χ0v) is 10.8. The number of hydrogen-bond acceptors (Lipinski definition) is 3. The van der Waals surface area contributed by atoms with Gasteiger partial charge in [0.05, 0.1) is 22.6 Å². The Kier molecular flexibility index (Phi) is 3.75. The molecule has 1 aliphatic heterocycles.